The number of anilines is 1. The second kappa shape index (κ2) is 9.37. The van der Waals surface area contributed by atoms with Crippen LogP contribution in [0.4, 0.5) is 5.69 Å². The van der Waals surface area contributed by atoms with Crippen molar-refractivity contribution in [2.75, 3.05) is 19.0 Å². The summed E-state index contributed by atoms with van der Waals surface area (Å²) in [6.07, 6.45) is 0. The fourth-order valence-corrected chi connectivity index (χ4v) is 0.726. The topological polar surface area (TPSA) is 3.24 Å². The predicted molar refractivity (Wildman–Crippen MR) is 52.1 cm³/mol. The van der Waals surface area contributed by atoms with Crippen molar-refractivity contribution >= 4 is 5.69 Å². The molecule has 12 heavy (non-hydrogen) atoms. The summed E-state index contributed by atoms with van der Waals surface area (Å²) >= 11 is 0. The van der Waals surface area contributed by atoms with E-state index in [2.05, 4.69) is 17.0 Å². The number of hydrogen-bond acceptors (Lipinski definition) is 1. The zero-order chi connectivity index (χ0) is 8.69. The summed E-state index contributed by atoms with van der Waals surface area (Å²) < 4.78 is 0. The van der Waals surface area contributed by atoms with Gasteiger partial charge in [-0.2, -0.15) is 0 Å². The second-order valence-electron chi connectivity index (χ2n) is 2.23. The summed E-state index contributed by atoms with van der Waals surface area (Å²) in [5.74, 6) is 0. The molecule has 1 aromatic rings. The summed E-state index contributed by atoms with van der Waals surface area (Å²) in [4.78, 5) is 2.08. The van der Waals surface area contributed by atoms with Crippen LogP contribution in [0.25, 0.3) is 0 Å². The maximum absolute atomic E-state index is 2.08. The molecule has 0 bridgehead atoms. The summed E-state index contributed by atoms with van der Waals surface area (Å²) in [5, 5.41) is 0. The van der Waals surface area contributed by atoms with Crippen molar-refractivity contribution in [3.63, 3.8) is 0 Å². The zero-order valence-corrected chi connectivity index (χ0v) is 8.89. The van der Waals surface area contributed by atoms with Crippen molar-refractivity contribution in [1.82, 2.24) is 0 Å². The molecule has 0 radical (unpaired) electrons. The van der Waals surface area contributed by atoms with Gasteiger partial charge in [0, 0.05) is 57.5 Å². The predicted octanol–water partition coefficient (Wildman–Crippen LogP) is 2.78. The van der Waals surface area contributed by atoms with Crippen molar-refractivity contribution in [2.24, 2.45) is 0 Å². The van der Waals surface area contributed by atoms with Crippen LogP contribution in [0.15, 0.2) is 30.3 Å². The van der Waals surface area contributed by atoms with Gasteiger partial charge in [-0.05, 0) is 12.1 Å². The van der Waals surface area contributed by atoms with Gasteiger partial charge in [0.1, 0.15) is 0 Å². The van der Waals surface area contributed by atoms with Crippen molar-refractivity contribution in [3.8, 4) is 0 Å². The van der Waals surface area contributed by atoms with Crippen molar-refractivity contribution in [2.45, 2.75) is 13.8 Å². The van der Waals surface area contributed by atoms with Gasteiger partial charge in [0.2, 0.25) is 0 Å². The molecule has 0 saturated carbocycles. The van der Waals surface area contributed by atoms with Crippen molar-refractivity contribution in [1.29, 1.82) is 0 Å². The molecule has 0 aliphatic rings. The van der Waals surface area contributed by atoms with Crippen molar-refractivity contribution in [3.05, 3.63) is 30.3 Å². The van der Waals surface area contributed by atoms with E-state index >= 15 is 0 Å². The molecular formula is C10H17ArN. The van der Waals surface area contributed by atoms with Crippen LogP contribution >= 0.6 is 0 Å². The number of nitrogens with zero attached hydrogens (tertiary/aromatic N) is 1. The fourth-order valence-electron chi connectivity index (χ4n) is 0.726. The largest absolute Gasteiger partial charge is 0.378 e. The van der Waals surface area contributed by atoms with Crippen LogP contribution in [0.5, 0.6) is 0 Å². The Kier molecular flexibility index (Phi) is 11.5. The van der Waals surface area contributed by atoms with Gasteiger partial charge in [0.25, 0.3) is 0 Å². The molecule has 0 aromatic heterocycles. The minimum atomic E-state index is 0. The molecule has 1 rings (SSSR count). The molecule has 0 fully saturated rings. The van der Waals surface area contributed by atoms with Gasteiger partial charge in [-0.1, -0.05) is 32.0 Å². The van der Waals surface area contributed by atoms with E-state index in [9.17, 15) is 0 Å². The number of rotatable bonds is 1. The fraction of sp³-hybridized carbons (Fsp3) is 0.400. The molecule has 1 nitrogen and oxygen atoms in total. The molecule has 0 aliphatic heterocycles. The van der Waals surface area contributed by atoms with Crippen molar-refractivity contribution < 1.29 is 37.7 Å². The van der Waals surface area contributed by atoms with Crippen LogP contribution in [0.1, 0.15) is 13.8 Å². The summed E-state index contributed by atoms with van der Waals surface area (Å²) in [5.41, 5.74) is 1.25. The van der Waals surface area contributed by atoms with E-state index in [1.54, 1.807) is 0 Å². The van der Waals surface area contributed by atoms with E-state index in [1.807, 2.05) is 46.1 Å². The zero-order valence-electron chi connectivity index (χ0n) is 8.19. The van der Waals surface area contributed by atoms with Crippen LogP contribution in [0.2, 0.25) is 0 Å². The molecule has 70 valence electrons. The Labute approximate surface area is 106 Å². The Morgan fingerprint density at radius 3 is 1.58 bits per heavy atom. The average Bonchev–Trinajstić information content (AvgIpc) is 2.10. The van der Waals surface area contributed by atoms with Gasteiger partial charge in [-0.3, -0.25) is 0 Å². The smallest absolute Gasteiger partial charge is 0.0360 e. The van der Waals surface area contributed by atoms with E-state index in [-0.39, 0.29) is 37.7 Å². The molecule has 0 aliphatic carbocycles. The SMILES string of the molecule is CC.CN(C)c1ccccc1.[Ar]. The summed E-state index contributed by atoms with van der Waals surface area (Å²) in [6.45, 7) is 4.00. The molecule has 0 spiro atoms. The first-order valence-corrected chi connectivity index (χ1v) is 4.03. The summed E-state index contributed by atoms with van der Waals surface area (Å²) in [7, 11) is 4.07. The van der Waals surface area contributed by atoms with Gasteiger partial charge >= 0.3 is 0 Å². The Bertz CT molecular complexity index is 172. The average molecular weight is 191 g/mol. The van der Waals surface area contributed by atoms with Crippen LogP contribution in [0.3, 0.4) is 0 Å². The molecular weight excluding hydrogens is 174 g/mol. The Hall–Kier alpha value is 0.280. The maximum Gasteiger partial charge on any atom is 0.0360 e. The van der Waals surface area contributed by atoms with Gasteiger partial charge in [-0.25, -0.2) is 0 Å². The quantitative estimate of drug-likeness (QED) is 0.659. The van der Waals surface area contributed by atoms with Gasteiger partial charge < -0.3 is 4.90 Å². The van der Waals surface area contributed by atoms with Crippen LogP contribution < -0.4 is 4.90 Å². The van der Waals surface area contributed by atoms with E-state index in [0.29, 0.717) is 0 Å². The third-order valence-corrected chi connectivity index (χ3v) is 1.27. The molecule has 0 saturated heterocycles. The Morgan fingerprint density at radius 2 is 1.33 bits per heavy atom. The molecule has 1 aromatic carbocycles. The van der Waals surface area contributed by atoms with Crippen LogP contribution in [-0.2, 0) is 0 Å². The molecule has 0 heterocycles. The first-order chi connectivity index (χ1) is 5.30. The normalized spacial score (nSPS) is 7.33. The minimum absolute atomic E-state index is 0. The van der Waals surface area contributed by atoms with E-state index in [4.69, 9.17) is 0 Å². The number of para-hydroxylation sites is 1. The third-order valence-electron chi connectivity index (χ3n) is 1.27. The van der Waals surface area contributed by atoms with Crippen LogP contribution in [0, 0.1) is 37.7 Å². The maximum atomic E-state index is 2.08. The third kappa shape index (κ3) is 5.87. The van der Waals surface area contributed by atoms with Crippen LogP contribution in [-0.4, -0.2) is 14.1 Å². The molecule has 0 unspecified atom stereocenters. The Balaban J connectivity index is 0. The molecule has 0 N–H and O–H groups in total. The number of hydrogen-bond donors (Lipinski definition) is 0. The Morgan fingerprint density at radius 1 is 0.917 bits per heavy atom. The molecule has 0 atom stereocenters. The molecule has 2 heteroatoms. The van der Waals surface area contributed by atoms with Gasteiger partial charge in [0.05, 0.1) is 0 Å². The van der Waals surface area contributed by atoms with Gasteiger partial charge in [-0.15, -0.1) is 0 Å². The standard InChI is InChI=1S/C8H11N.C2H6.Ar/c1-9(2)8-6-4-3-5-7-8;1-2;/h3-7H,1-2H3;1-2H3;. The first-order valence-electron chi connectivity index (χ1n) is 4.03. The monoisotopic (exact) mass is 191 g/mol. The second-order valence-corrected chi connectivity index (χ2v) is 2.23. The molecule has 0 amide bonds. The van der Waals surface area contributed by atoms with E-state index in [1.165, 1.54) is 5.69 Å². The first kappa shape index (κ1) is 14.8. The minimum Gasteiger partial charge on any atom is -0.378 e. The van der Waals surface area contributed by atoms with Gasteiger partial charge in [0.15, 0.2) is 0 Å². The van der Waals surface area contributed by atoms with E-state index in [0.717, 1.165) is 0 Å². The summed E-state index contributed by atoms with van der Waals surface area (Å²) in [6, 6.07) is 10.3. The number of benzene rings is 1. The van der Waals surface area contributed by atoms with E-state index < -0.39 is 0 Å².